The van der Waals surface area contributed by atoms with Crippen LogP contribution >= 0.6 is 0 Å². The molecule has 17 nitrogen and oxygen atoms in total. The molecule has 6 heterocycles. The lowest BCUT2D eigenvalue weighted by Crippen LogP contribution is -2.57. The Balaban J connectivity index is 1.21. The molecule has 2 aromatic rings. The summed E-state index contributed by atoms with van der Waals surface area (Å²) < 4.78 is 25.1. The number of nitrogens with zero attached hydrogens (tertiary/aromatic N) is 5. The van der Waals surface area contributed by atoms with Crippen molar-refractivity contribution in [1.82, 2.24) is 14.7 Å². The van der Waals surface area contributed by atoms with Crippen LogP contribution in [0.25, 0.3) is 10.8 Å². The van der Waals surface area contributed by atoms with Crippen molar-refractivity contribution >= 4 is 34.2 Å². The monoisotopic (exact) mass is 985 g/mol. The van der Waals surface area contributed by atoms with E-state index in [2.05, 4.69) is 35.9 Å². The van der Waals surface area contributed by atoms with E-state index in [-0.39, 0.29) is 60.9 Å². The Morgan fingerprint density at radius 2 is 1.61 bits per heavy atom. The van der Waals surface area contributed by atoms with Gasteiger partial charge >= 0.3 is 11.9 Å². The predicted molar refractivity (Wildman–Crippen MR) is 268 cm³/mol. The summed E-state index contributed by atoms with van der Waals surface area (Å²) in [6.07, 6.45) is 7.62. The van der Waals surface area contributed by atoms with Crippen molar-refractivity contribution in [3.8, 4) is 17.2 Å². The Kier molecular flexibility index (Phi) is 14.8. The standard InChI is InChI=1S/C54H76N6O11/c1-12-21-60-25-24-59(28-53(60)17-18-53)51(67)70-47-32(6)36(68-11)16-26-69-52(10)49(65)39-37-38(45(63)35(9)48(39)71-52)46(64)42(41-40(37)56-54(57-41)19-22-58(23-20-54)27-29(2)3)55-50(66)31(5)15-13-14-30(4)43(61)33(7)44(62)34(47)8/h13-16,26,29-30,32-34,36,43-44,47,61-64H,12,17-25,27-28H2,1-11H3,(H,55,66)/b14-13+,26-16+,31-15-/t30-,32+,33+,34+,36-,43-,44+,47+,52-/m0/s1. The predicted octanol–water partition coefficient (Wildman–Crippen LogP) is 5.88. The van der Waals surface area contributed by atoms with Gasteiger partial charge in [-0.25, -0.2) is 4.79 Å². The van der Waals surface area contributed by atoms with E-state index in [1.807, 2.05) is 13.8 Å². The molecule has 6 aliphatic heterocycles. The van der Waals surface area contributed by atoms with Crippen molar-refractivity contribution in [2.75, 3.05) is 58.2 Å². The number of methoxy groups -OCH3 is 1. The quantitative estimate of drug-likeness (QED) is 0.214. The number of piperazine rings is 1. The molecule has 0 aromatic heterocycles. The maximum absolute atomic E-state index is 15.0. The van der Waals surface area contributed by atoms with Crippen LogP contribution in [0.2, 0.25) is 0 Å². The van der Waals surface area contributed by atoms with E-state index in [0.717, 1.165) is 38.9 Å². The molecule has 17 heteroatoms. The molecule has 7 aliphatic rings. The van der Waals surface area contributed by atoms with E-state index in [1.165, 1.54) is 20.3 Å². The first kappa shape index (κ1) is 52.3. The highest BCUT2D eigenvalue weighted by molar-refractivity contribution is 6.19. The third kappa shape index (κ3) is 9.69. The second kappa shape index (κ2) is 20.1. The molecule has 9 rings (SSSR count). The van der Waals surface area contributed by atoms with Crippen LogP contribution in [0.5, 0.6) is 17.2 Å². The Labute approximate surface area is 417 Å². The van der Waals surface area contributed by atoms with Crippen molar-refractivity contribution in [3.63, 3.8) is 0 Å². The maximum Gasteiger partial charge on any atom is 0.410 e. The zero-order valence-electron chi connectivity index (χ0n) is 43.5. The number of ether oxygens (including phenoxy) is 4. The second-order valence-corrected chi connectivity index (χ2v) is 21.9. The fraction of sp³-hybridized carbons (Fsp3) is 0.648. The average Bonchev–Trinajstić information content (AvgIpc) is 3.93. The number of phenols is 2. The Hall–Kier alpha value is -5.07. The van der Waals surface area contributed by atoms with Crippen LogP contribution in [0.15, 0.2) is 46.1 Å². The third-order valence-electron chi connectivity index (χ3n) is 16.2. The molecule has 3 fully saturated rings. The van der Waals surface area contributed by atoms with Gasteiger partial charge in [0.2, 0.25) is 0 Å². The van der Waals surface area contributed by atoms with E-state index >= 15 is 0 Å². The number of aromatic hydroxyl groups is 2. The second-order valence-electron chi connectivity index (χ2n) is 21.9. The SMILES string of the molecule is CCCN1CCN(C(=O)O[C@H]2[C@H](C)[C@H](O)[C@H](C)[C@@H](O)[C@@H](C)/C=C/C=C(/C)C(=O)Nc3c(O)c4c(O)c(C)c5c(c4c4c3=NC3(CCN(CC(C)C)CC3)N=4)C(=O)[C@@](C)(O/C=C/[C@H](OC)[C@H]2C)O5)CC12CC2. The number of fused-ring (bicyclic) bond motifs is 13. The van der Waals surface area contributed by atoms with Crippen LogP contribution in [0.4, 0.5) is 10.5 Å². The van der Waals surface area contributed by atoms with Crippen molar-refractivity contribution in [2.45, 2.75) is 143 Å². The number of carbonyl (C=O) groups is 3. The first-order valence-corrected chi connectivity index (χ1v) is 25.7. The Morgan fingerprint density at radius 3 is 2.25 bits per heavy atom. The number of nitrogens with one attached hydrogen (secondary N) is 1. The number of hydrogen-bond acceptors (Lipinski definition) is 15. The van der Waals surface area contributed by atoms with Gasteiger partial charge in [-0.15, -0.1) is 0 Å². The van der Waals surface area contributed by atoms with Crippen LogP contribution in [0.3, 0.4) is 0 Å². The van der Waals surface area contributed by atoms with Crippen molar-refractivity contribution in [2.24, 2.45) is 39.6 Å². The van der Waals surface area contributed by atoms with Crippen molar-refractivity contribution in [3.05, 3.63) is 58.0 Å². The maximum atomic E-state index is 15.0. The summed E-state index contributed by atoms with van der Waals surface area (Å²) in [6, 6.07) is 0. The number of hydrogen-bond donors (Lipinski definition) is 5. The summed E-state index contributed by atoms with van der Waals surface area (Å²) in [4.78, 5) is 60.3. The first-order valence-electron chi connectivity index (χ1n) is 25.7. The van der Waals surface area contributed by atoms with Gasteiger partial charge in [-0.05, 0) is 51.6 Å². The number of Topliss-reactive ketones (excluding diaryl/α,β-unsaturated/α-hetero) is 1. The van der Waals surface area contributed by atoms with Crippen LogP contribution in [0, 0.1) is 36.5 Å². The summed E-state index contributed by atoms with van der Waals surface area (Å²) >= 11 is 0. The number of aliphatic hydroxyl groups excluding tert-OH is 2. The topological polar surface area (TPSA) is 216 Å². The molecule has 0 unspecified atom stereocenters. The Morgan fingerprint density at radius 1 is 0.915 bits per heavy atom. The fourth-order valence-electron chi connectivity index (χ4n) is 11.6. The molecule has 2 amide bonds. The zero-order valence-corrected chi connectivity index (χ0v) is 43.5. The van der Waals surface area contributed by atoms with Crippen LogP contribution in [-0.2, 0) is 19.0 Å². The van der Waals surface area contributed by atoms with E-state index in [0.29, 0.717) is 44.9 Å². The van der Waals surface area contributed by atoms with Gasteiger partial charge in [0.25, 0.3) is 11.7 Å². The van der Waals surface area contributed by atoms with E-state index < -0.39 is 83.1 Å². The van der Waals surface area contributed by atoms with E-state index in [9.17, 15) is 34.8 Å². The van der Waals surface area contributed by atoms with Gasteiger partial charge in [0.15, 0.2) is 11.4 Å². The number of aliphatic hydroxyl groups is 2. The lowest BCUT2D eigenvalue weighted by molar-refractivity contribution is -0.112. The number of allylic oxidation sites excluding steroid dienone is 2. The summed E-state index contributed by atoms with van der Waals surface area (Å²) in [6.45, 7) is 23.4. The zero-order chi connectivity index (χ0) is 51.5. The molecule has 1 saturated carbocycles. The number of ketones is 1. The molecule has 1 aliphatic carbocycles. The van der Waals surface area contributed by atoms with Gasteiger partial charge in [0, 0.05) is 112 Å². The molecule has 9 atom stereocenters. The number of carbonyl (C=O) groups excluding carboxylic acids is 3. The Bertz CT molecular complexity index is 2640. The van der Waals surface area contributed by atoms with Crippen molar-refractivity contribution < 1.29 is 53.8 Å². The number of piperidine rings is 1. The first-order chi connectivity index (χ1) is 33.6. The summed E-state index contributed by atoms with van der Waals surface area (Å²) in [7, 11) is 1.51. The molecule has 2 saturated heterocycles. The molecule has 71 heavy (non-hydrogen) atoms. The van der Waals surface area contributed by atoms with Gasteiger partial charge in [-0.3, -0.25) is 24.5 Å². The third-order valence-corrected chi connectivity index (χ3v) is 16.2. The number of likely N-dealkylation sites (tertiary alicyclic amines) is 1. The molecule has 388 valence electrons. The molecular weight excluding hydrogens is 909 g/mol. The number of phenolic OH excluding ortho intramolecular Hbond substituents is 2. The van der Waals surface area contributed by atoms with Gasteiger partial charge in [-0.2, -0.15) is 0 Å². The van der Waals surface area contributed by atoms with Crippen LogP contribution < -0.4 is 20.8 Å². The minimum absolute atomic E-state index is 0.0416. The van der Waals surface area contributed by atoms with Gasteiger partial charge in [0.05, 0.1) is 40.9 Å². The van der Waals surface area contributed by atoms with Gasteiger partial charge in [0.1, 0.15) is 28.6 Å². The normalized spacial score (nSPS) is 32.7. The number of amides is 2. The van der Waals surface area contributed by atoms with Crippen LogP contribution in [-0.4, -0.2) is 147 Å². The van der Waals surface area contributed by atoms with E-state index in [1.54, 1.807) is 56.9 Å². The highest BCUT2D eigenvalue weighted by atomic mass is 16.7. The summed E-state index contributed by atoms with van der Waals surface area (Å²) in [5.41, 5.74) is -0.614. The van der Waals surface area contributed by atoms with Gasteiger partial charge in [-0.1, -0.05) is 66.7 Å². The number of anilines is 1. The fourth-order valence-corrected chi connectivity index (χ4v) is 11.6. The minimum Gasteiger partial charge on any atom is -0.507 e. The van der Waals surface area contributed by atoms with Gasteiger partial charge < -0.3 is 54.5 Å². The average molecular weight is 985 g/mol. The molecule has 2 spiro atoms. The molecule has 5 N–H and O–H groups in total. The highest BCUT2D eigenvalue weighted by Crippen LogP contribution is 2.50. The van der Waals surface area contributed by atoms with E-state index in [4.69, 9.17) is 28.9 Å². The smallest absolute Gasteiger partial charge is 0.410 e. The molecule has 2 aromatic carbocycles. The molecular formula is C54H76N6O11. The largest absolute Gasteiger partial charge is 0.507 e. The minimum atomic E-state index is -1.98. The lowest BCUT2D eigenvalue weighted by atomic mass is 9.78. The summed E-state index contributed by atoms with van der Waals surface area (Å²) in [5, 5.41) is 51.3. The van der Waals surface area contributed by atoms with Crippen molar-refractivity contribution in [1.29, 1.82) is 0 Å². The molecule has 5 bridgehead atoms. The number of rotatable bonds is 6. The highest BCUT2D eigenvalue weighted by Gasteiger charge is 2.53. The summed E-state index contributed by atoms with van der Waals surface area (Å²) in [5.74, 6) is -5.99. The van der Waals surface area contributed by atoms with Crippen LogP contribution in [0.1, 0.15) is 110 Å². The lowest BCUT2D eigenvalue weighted by Gasteiger charge is -2.43. The molecule has 0 radical (unpaired) electrons. The number of benzene rings is 2.